The van der Waals surface area contributed by atoms with Crippen LogP contribution in [0.2, 0.25) is 5.02 Å². The number of nitrogens with one attached hydrogen (secondary N) is 3. The third-order valence-electron chi connectivity index (χ3n) is 11.6. The Kier molecular flexibility index (Phi) is 10.5. The van der Waals surface area contributed by atoms with Gasteiger partial charge in [0.15, 0.2) is 11.4 Å². The quantitative estimate of drug-likeness (QED) is 0.151. The van der Waals surface area contributed by atoms with Crippen molar-refractivity contribution in [2.75, 3.05) is 31.1 Å². The zero-order valence-electron chi connectivity index (χ0n) is 32.3. The molecule has 14 nitrogen and oxygen atoms in total. The molecule has 8 rings (SSSR count). The van der Waals surface area contributed by atoms with Gasteiger partial charge < -0.3 is 24.8 Å². The van der Waals surface area contributed by atoms with Crippen LogP contribution in [0, 0.1) is 12.8 Å². The summed E-state index contributed by atoms with van der Waals surface area (Å²) < 4.78 is 7.93. The number of hydrogen-bond acceptors (Lipinski definition) is 9. The zero-order chi connectivity index (χ0) is 39.8. The van der Waals surface area contributed by atoms with Gasteiger partial charge in [-0.25, -0.2) is 9.97 Å². The molecular formula is C42H46ClN9O5. The van der Waals surface area contributed by atoms with Gasteiger partial charge in [-0.15, -0.1) is 0 Å². The average molecular weight is 792 g/mol. The third-order valence-corrected chi connectivity index (χ3v) is 11.9. The maximum atomic E-state index is 13.5. The first kappa shape index (κ1) is 38.1. The molecule has 3 aromatic heterocycles. The van der Waals surface area contributed by atoms with Crippen LogP contribution in [0.3, 0.4) is 0 Å². The number of hydrogen-bond donors (Lipinski definition) is 3. The molecule has 3 aliphatic heterocycles. The number of H-pyrrole nitrogens is 1. The summed E-state index contributed by atoms with van der Waals surface area (Å²) in [4.78, 5) is 67.0. The van der Waals surface area contributed by atoms with E-state index in [4.69, 9.17) is 16.3 Å². The fourth-order valence-corrected chi connectivity index (χ4v) is 8.42. The summed E-state index contributed by atoms with van der Waals surface area (Å²) in [6, 6.07) is 15.1. The summed E-state index contributed by atoms with van der Waals surface area (Å²) in [6.07, 6.45) is 7.89. The summed E-state index contributed by atoms with van der Waals surface area (Å²) in [5.74, 6) is 1.00. The summed E-state index contributed by atoms with van der Waals surface area (Å²) in [5.41, 5.74) is 4.98. The number of imide groups is 1. The number of piperidine rings is 3. The zero-order valence-corrected chi connectivity index (χ0v) is 33.1. The predicted molar refractivity (Wildman–Crippen MR) is 215 cm³/mol. The highest BCUT2D eigenvalue weighted by Gasteiger charge is 2.34. The first-order chi connectivity index (χ1) is 27.4. The van der Waals surface area contributed by atoms with Crippen LogP contribution in [0.15, 0.2) is 60.9 Å². The first-order valence-corrected chi connectivity index (χ1v) is 19.9. The van der Waals surface area contributed by atoms with E-state index in [0.717, 1.165) is 61.3 Å². The van der Waals surface area contributed by atoms with Gasteiger partial charge in [-0.05, 0) is 93.8 Å². The standard InChI is InChI=1S/C42H46ClN9O5/c1-25-32(24-50(3)49-25)38-46-36-37(33(43)23-44-39(36)47-38)57-30-10-6-28(7-11-30)41(56)52-18-14-26(15-19-52)22-35(54)48-42(2)16-20-51(21-17-42)29-8-4-27(5-9-29)31-12-13-34(53)45-40(31)55/h4-11,23-24,26,31H,12-22H2,1-3H3,(H,48,54)(H,44,46,47)(H,45,53,55)/t31-/m0/s1. The van der Waals surface area contributed by atoms with Gasteiger partial charge in [0.2, 0.25) is 17.7 Å². The highest BCUT2D eigenvalue weighted by molar-refractivity contribution is 6.32. The molecule has 296 valence electrons. The van der Waals surface area contributed by atoms with Gasteiger partial charge >= 0.3 is 0 Å². The van der Waals surface area contributed by atoms with E-state index in [1.807, 2.05) is 49.3 Å². The van der Waals surface area contributed by atoms with Gasteiger partial charge in [0, 0.05) is 69.1 Å². The predicted octanol–water partition coefficient (Wildman–Crippen LogP) is 6.05. The first-order valence-electron chi connectivity index (χ1n) is 19.5. The Bertz CT molecular complexity index is 2320. The highest BCUT2D eigenvalue weighted by Crippen LogP contribution is 2.37. The molecule has 0 spiro atoms. The number of anilines is 1. The molecule has 3 saturated heterocycles. The monoisotopic (exact) mass is 791 g/mol. The molecule has 3 aliphatic rings. The van der Waals surface area contributed by atoms with Crippen LogP contribution in [0.4, 0.5) is 5.69 Å². The second kappa shape index (κ2) is 15.6. The maximum absolute atomic E-state index is 13.5. The van der Waals surface area contributed by atoms with Crippen LogP contribution < -0.4 is 20.3 Å². The summed E-state index contributed by atoms with van der Waals surface area (Å²) in [5, 5.41) is 10.5. The van der Waals surface area contributed by atoms with Crippen molar-refractivity contribution in [3.05, 3.63) is 82.8 Å². The average Bonchev–Trinajstić information content (AvgIpc) is 3.78. The van der Waals surface area contributed by atoms with Crippen LogP contribution >= 0.6 is 11.6 Å². The number of imidazole rings is 1. The van der Waals surface area contributed by atoms with Crippen LogP contribution in [-0.4, -0.2) is 85.0 Å². The van der Waals surface area contributed by atoms with Crippen LogP contribution in [0.25, 0.3) is 22.6 Å². The van der Waals surface area contributed by atoms with Crippen molar-refractivity contribution in [3.8, 4) is 22.9 Å². The maximum Gasteiger partial charge on any atom is 0.253 e. The molecule has 3 fully saturated rings. The smallest absolute Gasteiger partial charge is 0.253 e. The van der Waals surface area contributed by atoms with Crippen molar-refractivity contribution in [1.82, 2.24) is 40.3 Å². The van der Waals surface area contributed by atoms with Crippen molar-refractivity contribution in [2.45, 2.75) is 70.3 Å². The Labute approximate surface area is 335 Å². The number of amides is 4. The number of likely N-dealkylation sites (tertiary alicyclic amines) is 1. The Morgan fingerprint density at radius 3 is 2.39 bits per heavy atom. The lowest BCUT2D eigenvalue weighted by molar-refractivity contribution is -0.134. The Hall–Kier alpha value is -5.76. The van der Waals surface area contributed by atoms with Crippen molar-refractivity contribution >= 4 is 52.1 Å². The minimum absolute atomic E-state index is 0.0521. The van der Waals surface area contributed by atoms with E-state index in [1.165, 1.54) is 6.20 Å². The van der Waals surface area contributed by atoms with Gasteiger partial charge in [-0.3, -0.25) is 29.2 Å². The lowest BCUT2D eigenvalue weighted by Crippen LogP contribution is -2.53. The van der Waals surface area contributed by atoms with E-state index in [1.54, 1.807) is 28.9 Å². The number of benzene rings is 2. The lowest BCUT2D eigenvalue weighted by atomic mass is 9.87. The third kappa shape index (κ3) is 8.22. The number of carbonyl (C=O) groups is 4. The molecule has 0 radical (unpaired) electrons. The number of rotatable bonds is 9. The van der Waals surface area contributed by atoms with Crippen molar-refractivity contribution in [2.24, 2.45) is 13.0 Å². The molecule has 3 N–H and O–H groups in total. The number of aromatic amines is 1. The van der Waals surface area contributed by atoms with Gasteiger partial charge in [0.1, 0.15) is 22.1 Å². The number of pyridine rings is 1. The number of ether oxygens (including phenoxy) is 1. The topological polar surface area (TPSA) is 167 Å². The van der Waals surface area contributed by atoms with E-state index >= 15 is 0 Å². The highest BCUT2D eigenvalue weighted by atomic mass is 35.5. The fraction of sp³-hybridized carbons (Fsp3) is 0.405. The van der Waals surface area contributed by atoms with Gasteiger partial charge in [0.25, 0.3) is 5.91 Å². The van der Waals surface area contributed by atoms with Gasteiger partial charge in [0.05, 0.1) is 23.4 Å². The molecule has 6 heterocycles. The van der Waals surface area contributed by atoms with E-state index in [-0.39, 0.29) is 41.0 Å². The van der Waals surface area contributed by atoms with Gasteiger partial charge in [-0.2, -0.15) is 5.10 Å². The Balaban J connectivity index is 0.797. The largest absolute Gasteiger partial charge is 0.453 e. The summed E-state index contributed by atoms with van der Waals surface area (Å²) in [6.45, 7) is 6.83. The van der Waals surface area contributed by atoms with Crippen molar-refractivity contribution < 1.29 is 23.9 Å². The number of fused-ring (bicyclic) bond motifs is 1. The second-order valence-corrected chi connectivity index (χ2v) is 16.2. The lowest BCUT2D eigenvalue weighted by Gasteiger charge is -2.41. The number of halogens is 1. The van der Waals surface area contributed by atoms with Crippen LogP contribution in [-0.2, 0) is 21.4 Å². The Morgan fingerprint density at radius 1 is 1.00 bits per heavy atom. The number of aryl methyl sites for hydroxylation is 2. The molecule has 5 aromatic rings. The second-order valence-electron chi connectivity index (χ2n) is 15.8. The fourth-order valence-electron chi connectivity index (χ4n) is 8.24. The van der Waals surface area contributed by atoms with Gasteiger partial charge in [-0.1, -0.05) is 23.7 Å². The molecule has 0 aliphatic carbocycles. The molecule has 15 heteroatoms. The van der Waals surface area contributed by atoms with E-state index in [9.17, 15) is 19.2 Å². The van der Waals surface area contributed by atoms with Crippen molar-refractivity contribution in [3.63, 3.8) is 0 Å². The van der Waals surface area contributed by atoms with E-state index in [2.05, 4.69) is 42.5 Å². The van der Waals surface area contributed by atoms with E-state index in [0.29, 0.717) is 71.4 Å². The molecule has 1 atom stereocenters. The SMILES string of the molecule is Cc1nn(C)cc1-c1nc2ncc(Cl)c(Oc3ccc(C(=O)N4CCC(CC(=O)NC5(C)CCN(c6ccc([C@@H]7CCC(=O)NC7=O)cc6)CC5)CC4)cc3)c2[nH]1. The molecule has 0 saturated carbocycles. The minimum atomic E-state index is -0.295. The van der Waals surface area contributed by atoms with Crippen LogP contribution in [0.5, 0.6) is 11.5 Å². The minimum Gasteiger partial charge on any atom is -0.453 e. The summed E-state index contributed by atoms with van der Waals surface area (Å²) >= 11 is 6.53. The summed E-state index contributed by atoms with van der Waals surface area (Å²) in [7, 11) is 1.85. The Morgan fingerprint density at radius 2 is 1.72 bits per heavy atom. The number of nitrogens with zero attached hydrogens (tertiary/aromatic N) is 6. The van der Waals surface area contributed by atoms with Crippen molar-refractivity contribution in [1.29, 1.82) is 0 Å². The van der Waals surface area contributed by atoms with Crippen LogP contribution in [0.1, 0.15) is 79.4 Å². The number of aromatic nitrogens is 5. The normalized spacial score (nSPS) is 18.8. The molecule has 0 bridgehead atoms. The number of carbonyl (C=O) groups excluding carboxylic acids is 4. The molecule has 0 unspecified atom stereocenters. The molecule has 57 heavy (non-hydrogen) atoms. The molecule has 2 aromatic carbocycles. The molecule has 4 amide bonds. The molecular weight excluding hydrogens is 746 g/mol. The van der Waals surface area contributed by atoms with E-state index < -0.39 is 0 Å².